The first-order chi connectivity index (χ1) is 7.11. The second kappa shape index (κ2) is 3.50. The van der Waals surface area contributed by atoms with E-state index in [2.05, 4.69) is 6.58 Å². The predicted molar refractivity (Wildman–Crippen MR) is 57.6 cm³/mol. The van der Waals surface area contributed by atoms with E-state index >= 15 is 0 Å². The molecule has 0 saturated heterocycles. The minimum atomic E-state index is 0.0199. The Hall–Kier alpha value is -1.64. The zero-order valence-electron chi connectivity index (χ0n) is 8.91. The quantitative estimate of drug-likeness (QED) is 0.754. The second-order valence-corrected chi connectivity index (χ2v) is 3.79. The van der Waals surface area contributed by atoms with Gasteiger partial charge in [0.15, 0.2) is 11.5 Å². The van der Waals surface area contributed by atoms with Gasteiger partial charge in [0.1, 0.15) is 11.9 Å². The fraction of sp³-hybridized carbons (Fsp3) is 0.333. The van der Waals surface area contributed by atoms with E-state index in [4.69, 9.17) is 9.47 Å². The Morgan fingerprint density at radius 1 is 1.60 bits per heavy atom. The molecular formula is C12H14O3. The summed E-state index contributed by atoms with van der Waals surface area (Å²) < 4.78 is 10.7. The van der Waals surface area contributed by atoms with Gasteiger partial charge < -0.3 is 14.6 Å². The summed E-state index contributed by atoms with van der Waals surface area (Å²) in [7, 11) is 1.54. The summed E-state index contributed by atoms with van der Waals surface area (Å²) in [4.78, 5) is 0. The van der Waals surface area contributed by atoms with Crippen molar-refractivity contribution >= 4 is 0 Å². The highest BCUT2D eigenvalue weighted by molar-refractivity contribution is 5.52. The zero-order chi connectivity index (χ0) is 11.0. The van der Waals surface area contributed by atoms with E-state index in [1.54, 1.807) is 6.07 Å². The fourth-order valence-electron chi connectivity index (χ4n) is 1.69. The minimum absolute atomic E-state index is 0.0199. The van der Waals surface area contributed by atoms with Gasteiger partial charge in [-0.25, -0.2) is 0 Å². The van der Waals surface area contributed by atoms with Gasteiger partial charge in [-0.05, 0) is 18.6 Å². The molecule has 0 bridgehead atoms. The number of benzene rings is 1. The monoisotopic (exact) mass is 206 g/mol. The molecule has 80 valence electrons. The molecular weight excluding hydrogens is 192 g/mol. The molecule has 1 heterocycles. The molecule has 0 aliphatic carbocycles. The van der Waals surface area contributed by atoms with E-state index in [9.17, 15) is 5.11 Å². The van der Waals surface area contributed by atoms with Crippen LogP contribution in [0.25, 0.3) is 0 Å². The molecule has 1 aliphatic rings. The van der Waals surface area contributed by atoms with Crippen molar-refractivity contribution in [2.75, 3.05) is 7.11 Å². The summed E-state index contributed by atoms with van der Waals surface area (Å²) >= 11 is 0. The third-order valence-electron chi connectivity index (χ3n) is 2.59. The zero-order valence-corrected chi connectivity index (χ0v) is 8.91. The smallest absolute Gasteiger partial charge is 0.161 e. The Morgan fingerprint density at radius 3 is 2.93 bits per heavy atom. The van der Waals surface area contributed by atoms with Gasteiger partial charge in [-0.15, -0.1) is 0 Å². The molecule has 3 nitrogen and oxygen atoms in total. The van der Waals surface area contributed by atoms with Gasteiger partial charge in [-0.1, -0.05) is 6.58 Å². The van der Waals surface area contributed by atoms with Crippen molar-refractivity contribution in [2.24, 2.45) is 0 Å². The van der Waals surface area contributed by atoms with Gasteiger partial charge in [0, 0.05) is 18.1 Å². The number of ether oxygens (including phenoxy) is 2. The van der Waals surface area contributed by atoms with Crippen LogP contribution in [0, 0.1) is 0 Å². The molecule has 2 rings (SSSR count). The molecule has 0 aromatic heterocycles. The van der Waals surface area contributed by atoms with Crippen LogP contribution >= 0.6 is 0 Å². The van der Waals surface area contributed by atoms with Crippen molar-refractivity contribution in [2.45, 2.75) is 19.4 Å². The number of methoxy groups -OCH3 is 1. The molecule has 0 spiro atoms. The van der Waals surface area contributed by atoms with Crippen LogP contribution in [0.4, 0.5) is 0 Å². The van der Waals surface area contributed by atoms with E-state index in [1.807, 2.05) is 13.0 Å². The first-order valence-corrected chi connectivity index (χ1v) is 4.83. The molecule has 0 radical (unpaired) electrons. The fourth-order valence-corrected chi connectivity index (χ4v) is 1.69. The van der Waals surface area contributed by atoms with Gasteiger partial charge in [0.05, 0.1) is 7.11 Å². The number of phenolic OH excluding ortho intramolecular Hbond substituents is 1. The molecule has 0 saturated carbocycles. The van der Waals surface area contributed by atoms with E-state index in [-0.39, 0.29) is 11.9 Å². The number of rotatable bonds is 2. The van der Waals surface area contributed by atoms with Crippen molar-refractivity contribution in [1.29, 1.82) is 0 Å². The summed E-state index contributed by atoms with van der Waals surface area (Å²) in [5, 5.41) is 9.57. The maximum absolute atomic E-state index is 9.57. The third kappa shape index (κ3) is 1.65. The van der Waals surface area contributed by atoms with Gasteiger partial charge in [0.25, 0.3) is 0 Å². The lowest BCUT2D eigenvalue weighted by Gasteiger charge is -2.09. The number of aromatic hydroxyl groups is 1. The Bertz CT molecular complexity index is 410. The lowest BCUT2D eigenvalue weighted by molar-refractivity contribution is 0.270. The maximum atomic E-state index is 9.57. The SMILES string of the molecule is C=C(C)[C@@H]1Cc2cc(OC)c(O)cc2O1. The summed E-state index contributed by atoms with van der Waals surface area (Å²) in [6.45, 7) is 5.80. The number of phenols is 1. The van der Waals surface area contributed by atoms with Crippen molar-refractivity contribution in [3.05, 3.63) is 29.8 Å². The molecule has 15 heavy (non-hydrogen) atoms. The summed E-state index contributed by atoms with van der Waals surface area (Å²) in [6, 6.07) is 3.41. The summed E-state index contributed by atoms with van der Waals surface area (Å²) in [5.74, 6) is 1.32. The van der Waals surface area contributed by atoms with Crippen LogP contribution < -0.4 is 9.47 Å². The Kier molecular flexibility index (Phi) is 2.31. The normalized spacial score (nSPS) is 18.1. The topological polar surface area (TPSA) is 38.7 Å². The largest absolute Gasteiger partial charge is 0.504 e. The summed E-state index contributed by atoms with van der Waals surface area (Å²) in [5.41, 5.74) is 2.04. The number of fused-ring (bicyclic) bond motifs is 1. The molecule has 0 unspecified atom stereocenters. The third-order valence-corrected chi connectivity index (χ3v) is 2.59. The highest BCUT2D eigenvalue weighted by Gasteiger charge is 2.25. The highest BCUT2D eigenvalue weighted by atomic mass is 16.5. The number of hydrogen-bond acceptors (Lipinski definition) is 3. The van der Waals surface area contributed by atoms with Crippen LogP contribution in [0.3, 0.4) is 0 Å². The van der Waals surface area contributed by atoms with Crippen LogP contribution in [0.5, 0.6) is 17.2 Å². The van der Waals surface area contributed by atoms with Crippen molar-refractivity contribution in [1.82, 2.24) is 0 Å². The molecule has 1 N–H and O–H groups in total. The van der Waals surface area contributed by atoms with Gasteiger partial charge in [-0.2, -0.15) is 0 Å². The molecule has 1 aliphatic heterocycles. The van der Waals surface area contributed by atoms with Gasteiger partial charge in [-0.3, -0.25) is 0 Å². The van der Waals surface area contributed by atoms with E-state index in [0.29, 0.717) is 5.75 Å². The predicted octanol–water partition coefficient (Wildman–Crippen LogP) is 2.28. The number of hydrogen-bond donors (Lipinski definition) is 1. The van der Waals surface area contributed by atoms with Crippen LogP contribution in [-0.4, -0.2) is 18.3 Å². The summed E-state index contributed by atoms with van der Waals surface area (Å²) in [6.07, 6.45) is 0.813. The van der Waals surface area contributed by atoms with Gasteiger partial charge >= 0.3 is 0 Å². The Morgan fingerprint density at radius 2 is 2.33 bits per heavy atom. The first-order valence-electron chi connectivity index (χ1n) is 4.83. The lowest BCUT2D eigenvalue weighted by Crippen LogP contribution is -2.13. The van der Waals surface area contributed by atoms with Crippen LogP contribution in [0.15, 0.2) is 24.3 Å². The van der Waals surface area contributed by atoms with E-state index < -0.39 is 0 Å². The lowest BCUT2D eigenvalue weighted by atomic mass is 10.1. The second-order valence-electron chi connectivity index (χ2n) is 3.79. The van der Waals surface area contributed by atoms with Crippen molar-refractivity contribution < 1.29 is 14.6 Å². The van der Waals surface area contributed by atoms with Crippen LogP contribution in [-0.2, 0) is 6.42 Å². The maximum Gasteiger partial charge on any atom is 0.161 e. The van der Waals surface area contributed by atoms with Crippen molar-refractivity contribution in [3.8, 4) is 17.2 Å². The Labute approximate surface area is 88.9 Å². The van der Waals surface area contributed by atoms with Crippen LogP contribution in [0.1, 0.15) is 12.5 Å². The average molecular weight is 206 g/mol. The van der Waals surface area contributed by atoms with E-state index in [0.717, 1.165) is 23.3 Å². The first kappa shape index (κ1) is 9.90. The standard InChI is InChI=1S/C12H14O3/c1-7(2)10-4-8-5-12(14-3)9(13)6-11(8)15-10/h5-6,10,13H,1,4H2,2-3H3/t10-/m0/s1. The van der Waals surface area contributed by atoms with Crippen LogP contribution in [0.2, 0.25) is 0 Å². The average Bonchev–Trinajstić information content (AvgIpc) is 2.59. The van der Waals surface area contributed by atoms with Crippen molar-refractivity contribution in [3.63, 3.8) is 0 Å². The minimum Gasteiger partial charge on any atom is -0.504 e. The van der Waals surface area contributed by atoms with Gasteiger partial charge in [0.2, 0.25) is 0 Å². The molecule has 1 aromatic carbocycles. The molecule has 0 amide bonds. The van der Waals surface area contributed by atoms with E-state index in [1.165, 1.54) is 7.11 Å². The highest BCUT2D eigenvalue weighted by Crippen LogP contribution is 2.39. The Balaban J connectivity index is 2.35. The molecule has 1 atom stereocenters. The molecule has 1 aromatic rings. The molecule has 0 fully saturated rings. The molecule has 3 heteroatoms.